The first-order valence-electron chi connectivity index (χ1n) is 7.68. The van der Waals surface area contributed by atoms with Crippen LogP contribution >= 0.6 is 0 Å². The number of aromatic nitrogens is 3. The van der Waals surface area contributed by atoms with E-state index >= 15 is 0 Å². The Balaban J connectivity index is 1.76. The Bertz CT molecular complexity index is 965. The van der Waals surface area contributed by atoms with E-state index in [-0.39, 0.29) is 0 Å². The van der Waals surface area contributed by atoms with Crippen LogP contribution in [0.3, 0.4) is 0 Å². The number of hydrogen-bond donors (Lipinski definition) is 1. The highest BCUT2D eigenvalue weighted by atomic mass is 16.5. The zero-order valence-corrected chi connectivity index (χ0v) is 13.0. The summed E-state index contributed by atoms with van der Waals surface area (Å²) < 4.78 is 7.76. The molecule has 0 unspecified atom stereocenters. The van der Waals surface area contributed by atoms with Gasteiger partial charge in [-0.1, -0.05) is 48.5 Å². The van der Waals surface area contributed by atoms with Crippen LogP contribution in [-0.4, -0.2) is 14.8 Å². The fourth-order valence-corrected chi connectivity index (χ4v) is 2.60. The van der Waals surface area contributed by atoms with Crippen LogP contribution in [0.25, 0.3) is 16.6 Å². The Labute approximate surface area is 139 Å². The van der Waals surface area contributed by atoms with Gasteiger partial charge in [-0.15, -0.1) is 5.10 Å². The van der Waals surface area contributed by atoms with E-state index in [1.54, 1.807) is 6.20 Å². The minimum Gasteiger partial charge on any atom is -0.471 e. The van der Waals surface area contributed by atoms with E-state index in [0.717, 1.165) is 22.2 Å². The molecule has 0 aliphatic heterocycles. The molecular formula is C19H16N4O. The molecule has 2 aromatic heterocycles. The van der Waals surface area contributed by atoms with Crippen LogP contribution in [0, 0.1) is 0 Å². The number of benzene rings is 2. The van der Waals surface area contributed by atoms with Gasteiger partial charge in [0.05, 0.1) is 16.6 Å². The molecule has 0 aliphatic carbocycles. The number of nitrogens with two attached hydrogens (primary N) is 1. The number of nitrogens with zero attached hydrogens (tertiary/aromatic N) is 3. The molecule has 5 nitrogen and oxygen atoms in total. The number of ether oxygens (including phenoxy) is 1. The van der Waals surface area contributed by atoms with Gasteiger partial charge in [-0.2, -0.15) is 0 Å². The third kappa shape index (κ3) is 2.67. The number of fused-ring (bicyclic) bond motifs is 1. The van der Waals surface area contributed by atoms with Crippen molar-refractivity contribution in [2.24, 2.45) is 0 Å². The minimum atomic E-state index is 0.451. The first kappa shape index (κ1) is 14.3. The van der Waals surface area contributed by atoms with Gasteiger partial charge in [-0.05, 0) is 17.7 Å². The lowest BCUT2D eigenvalue weighted by Gasteiger charge is -2.03. The maximum absolute atomic E-state index is 5.93. The zero-order chi connectivity index (χ0) is 16.4. The lowest BCUT2D eigenvalue weighted by molar-refractivity contribution is 0.295. The molecule has 0 saturated heterocycles. The first-order chi connectivity index (χ1) is 11.8. The van der Waals surface area contributed by atoms with Gasteiger partial charge < -0.3 is 10.5 Å². The van der Waals surface area contributed by atoms with Crippen LogP contribution in [0.1, 0.15) is 5.56 Å². The van der Waals surface area contributed by atoms with Gasteiger partial charge in [-0.3, -0.25) is 0 Å². The van der Waals surface area contributed by atoms with Gasteiger partial charge in [0.1, 0.15) is 12.4 Å². The summed E-state index contributed by atoms with van der Waals surface area (Å²) in [5.41, 5.74) is 8.76. The van der Waals surface area contributed by atoms with Gasteiger partial charge in [0.2, 0.25) is 5.88 Å². The summed E-state index contributed by atoms with van der Waals surface area (Å²) in [6.45, 7) is 0.451. The van der Waals surface area contributed by atoms with Crippen molar-refractivity contribution in [3.05, 3.63) is 78.5 Å². The normalized spacial score (nSPS) is 10.8. The molecule has 0 radical (unpaired) electrons. The summed E-state index contributed by atoms with van der Waals surface area (Å²) in [6.07, 6.45) is 1.71. The smallest absolute Gasteiger partial charge is 0.243 e. The van der Waals surface area contributed by atoms with Crippen molar-refractivity contribution >= 4 is 16.7 Å². The molecule has 4 rings (SSSR count). The quantitative estimate of drug-likeness (QED) is 0.625. The molecule has 0 spiro atoms. The highest BCUT2D eigenvalue weighted by Gasteiger charge is 2.14. The summed E-state index contributed by atoms with van der Waals surface area (Å²) in [5.74, 6) is 0.999. The summed E-state index contributed by atoms with van der Waals surface area (Å²) >= 11 is 0. The van der Waals surface area contributed by atoms with Crippen LogP contribution in [-0.2, 0) is 6.61 Å². The van der Waals surface area contributed by atoms with E-state index in [0.29, 0.717) is 18.3 Å². The van der Waals surface area contributed by atoms with Crippen LogP contribution in [0.15, 0.2) is 72.9 Å². The highest BCUT2D eigenvalue weighted by Crippen LogP contribution is 2.28. The molecule has 0 bridgehead atoms. The summed E-state index contributed by atoms with van der Waals surface area (Å²) in [7, 11) is 0. The number of pyridine rings is 1. The van der Waals surface area contributed by atoms with Gasteiger partial charge in [-0.25, -0.2) is 9.67 Å². The van der Waals surface area contributed by atoms with E-state index in [2.05, 4.69) is 10.1 Å². The molecule has 118 valence electrons. The van der Waals surface area contributed by atoms with Crippen molar-refractivity contribution < 1.29 is 4.74 Å². The van der Waals surface area contributed by atoms with Gasteiger partial charge in [0.15, 0.2) is 0 Å². The Kier molecular flexibility index (Phi) is 3.59. The third-order valence-electron chi connectivity index (χ3n) is 3.77. The maximum Gasteiger partial charge on any atom is 0.243 e. The van der Waals surface area contributed by atoms with Crippen molar-refractivity contribution in [3.63, 3.8) is 0 Å². The second-order valence-corrected chi connectivity index (χ2v) is 5.45. The number of nitrogen functional groups attached to an aromatic ring is 1. The monoisotopic (exact) mass is 316 g/mol. The molecule has 0 aliphatic rings. The molecule has 0 fully saturated rings. The number of para-hydroxylation sites is 1. The maximum atomic E-state index is 5.93. The lowest BCUT2D eigenvalue weighted by Crippen LogP contribution is -1.99. The molecule has 2 aromatic carbocycles. The molecule has 2 N–H and O–H groups in total. The molecule has 0 saturated carbocycles. The van der Waals surface area contributed by atoms with Crippen molar-refractivity contribution in [1.29, 1.82) is 0 Å². The lowest BCUT2D eigenvalue weighted by atomic mass is 10.2. The predicted octanol–water partition coefficient (Wildman–Crippen LogP) is 3.58. The highest BCUT2D eigenvalue weighted by molar-refractivity contribution is 5.86. The second kappa shape index (κ2) is 6.04. The van der Waals surface area contributed by atoms with Crippen molar-refractivity contribution in [2.75, 3.05) is 5.73 Å². The van der Waals surface area contributed by atoms with Crippen LogP contribution < -0.4 is 10.5 Å². The molecular weight excluding hydrogens is 300 g/mol. The zero-order valence-electron chi connectivity index (χ0n) is 13.0. The summed E-state index contributed by atoms with van der Waals surface area (Å²) in [5, 5.41) is 5.45. The van der Waals surface area contributed by atoms with E-state index in [4.69, 9.17) is 10.5 Å². The van der Waals surface area contributed by atoms with E-state index in [1.165, 1.54) is 0 Å². The topological polar surface area (TPSA) is 66.0 Å². The number of hydrogen-bond acceptors (Lipinski definition) is 4. The molecule has 4 aromatic rings. The SMILES string of the molecule is Nc1cc2c(cn1)c(OCc1ccccc1)nn2-c1ccccc1. The van der Waals surface area contributed by atoms with E-state index in [9.17, 15) is 0 Å². The fraction of sp³-hybridized carbons (Fsp3) is 0.0526. The fourth-order valence-electron chi connectivity index (χ4n) is 2.60. The predicted molar refractivity (Wildman–Crippen MR) is 94.1 cm³/mol. The van der Waals surface area contributed by atoms with E-state index < -0.39 is 0 Å². The Hall–Kier alpha value is -3.34. The molecule has 5 heteroatoms. The van der Waals surface area contributed by atoms with Gasteiger partial charge in [0.25, 0.3) is 0 Å². The third-order valence-corrected chi connectivity index (χ3v) is 3.77. The first-order valence-corrected chi connectivity index (χ1v) is 7.68. The largest absolute Gasteiger partial charge is 0.471 e. The van der Waals surface area contributed by atoms with Gasteiger partial charge in [0, 0.05) is 12.3 Å². The summed E-state index contributed by atoms with van der Waals surface area (Å²) in [4.78, 5) is 4.17. The van der Waals surface area contributed by atoms with Crippen molar-refractivity contribution in [1.82, 2.24) is 14.8 Å². The molecule has 2 heterocycles. The van der Waals surface area contributed by atoms with E-state index in [1.807, 2.05) is 71.4 Å². The average Bonchev–Trinajstić information content (AvgIpc) is 2.99. The van der Waals surface area contributed by atoms with Crippen LogP contribution in [0.4, 0.5) is 5.82 Å². The number of rotatable bonds is 4. The Morgan fingerprint density at radius 2 is 1.67 bits per heavy atom. The van der Waals surface area contributed by atoms with Crippen molar-refractivity contribution in [3.8, 4) is 11.6 Å². The van der Waals surface area contributed by atoms with Crippen LogP contribution in [0.2, 0.25) is 0 Å². The minimum absolute atomic E-state index is 0.451. The second-order valence-electron chi connectivity index (χ2n) is 5.45. The average molecular weight is 316 g/mol. The Morgan fingerprint density at radius 1 is 0.958 bits per heavy atom. The molecule has 24 heavy (non-hydrogen) atoms. The van der Waals surface area contributed by atoms with Gasteiger partial charge >= 0.3 is 0 Å². The standard InChI is InChI=1S/C19H16N4O/c20-18-11-17-16(12-21-18)19(24-13-14-7-3-1-4-8-14)22-23(17)15-9-5-2-6-10-15/h1-12H,13H2,(H2,20,21). The molecule has 0 amide bonds. The number of anilines is 1. The van der Waals surface area contributed by atoms with Crippen LogP contribution in [0.5, 0.6) is 5.88 Å². The van der Waals surface area contributed by atoms with Crippen molar-refractivity contribution in [2.45, 2.75) is 6.61 Å². The summed E-state index contributed by atoms with van der Waals surface area (Å²) in [6, 6.07) is 21.7. The molecule has 0 atom stereocenters. The Morgan fingerprint density at radius 3 is 2.42 bits per heavy atom.